The zero-order valence-electron chi connectivity index (χ0n) is 14.3. The molecule has 0 spiro atoms. The van der Waals surface area contributed by atoms with Gasteiger partial charge in [0.25, 0.3) is 5.56 Å². The average Bonchev–Trinajstić information content (AvgIpc) is 2.66. The van der Waals surface area contributed by atoms with E-state index in [1.165, 1.54) is 10.6 Å². The van der Waals surface area contributed by atoms with Crippen molar-refractivity contribution < 1.29 is 19.4 Å². The van der Waals surface area contributed by atoms with Crippen LogP contribution in [0.4, 0.5) is 0 Å². The molecule has 0 unspecified atom stereocenters. The van der Waals surface area contributed by atoms with E-state index >= 15 is 0 Å². The molecule has 0 radical (unpaired) electrons. The highest BCUT2D eigenvalue weighted by atomic mass is 16.6. The van der Waals surface area contributed by atoms with E-state index in [1.807, 2.05) is 0 Å². The number of aryl methyl sites for hydroxylation is 1. The number of aromatic nitrogens is 3. The highest BCUT2D eigenvalue weighted by molar-refractivity contribution is 6.02. The van der Waals surface area contributed by atoms with E-state index in [9.17, 15) is 19.5 Å². The number of H-pyrrole nitrogens is 1. The van der Waals surface area contributed by atoms with Crippen LogP contribution in [0.3, 0.4) is 0 Å². The second kappa shape index (κ2) is 6.27. The monoisotopic (exact) mass is 369 g/mol. The Labute approximate surface area is 151 Å². The molecule has 0 bridgehead atoms. The lowest BCUT2D eigenvalue weighted by atomic mass is 10.1. The van der Waals surface area contributed by atoms with Gasteiger partial charge >= 0.3 is 11.7 Å². The minimum atomic E-state index is -1.28. The number of nitrogens with one attached hydrogen (secondary N) is 1. The summed E-state index contributed by atoms with van der Waals surface area (Å²) in [5.41, 5.74) is -0.732. The maximum atomic E-state index is 12.2. The molecule has 1 aromatic carbocycles. The standard InChI is InChI=1S/C18H15N3O6/c1-2-21-15-14(16(22)20-18(21)25)10(17(23)24)8-11(19-15)9-3-4-12-13(7-9)27-6-5-26-12/h3-4,7-8H,2,5-6H2,1H3,(H,23,24)(H,20,22,25). The Kier molecular flexibility index (Phi) is 3.91. The van der Waals surface area contributed by atoms with Crippen LogP contribution in [0.15, 0.2) is 33.9 Å². The van der Waals surface area contributed by atoms with E-state index in [0.29, 0.717) is 36.0 Å². The number of ether oxygens (including phenoxy) is 2. The number of benzene rings is 1. The number of carboxylic acid groups (broad SMARTS) is 1. The van der Waals surface area contributed by atoms with Crippen molar-refractivity contribution in [2.24, 2.45) is 0 Å². The van der Waals surface area contributed by atoms with Crippen LogP contribution in [0.2, 0.25) is 0 Å². The van der Waals surface area contributed by atoms with Gasteiger partial charge in [-0.25, -0.2) is 14.6 Å². The Morgan fingerprint density at radius 1 is 1.22 bits per heavy atom. The highest BCUT2D eigenvalue weighted by Crippen LogP contribution is 2.34. The number of aromatic carboxylic acids is 1. The predicted molar refractivity (Wildman–Crippen MR) is 95.7 cm³/mol. The molecule has 1 aliphatic rings. The maximum Gasteiger partial charge on any atom is 0.336 e. The van der Waals surface area contributed by atoms with E-state index in [0.717, 1.165) is 0 Å². The van der Waals surface area contributed by atoms with Gasteiger partial charge < -0.3 is 14.6 Å². The quantitative estimate of drug-likeness (QED) is 0.712. The van der Waals surface area contributed by atoms with Crippen molar-refractivity contribution >= 4 is 17.0 Å². The van der Waals surface area contributed by atoms with E-state index in [2.05, 4.69) is 9.97 Å². The van der Waals surface area contributed by atoms with Crippen LogP contribution in [0.25, 0.3) is 22.3 Å². The van der Waals surface area contributed by atoms with Gasteiger partial charge in [-0.05, 0) is 31.2 Å². The lowest BCUT2D eigenvalue weighted by molar-refractivity contribution is 0.0699. The van der Waals surface area contributed by atoms with Crippen LogP contribution in [0, 0.1) is 0 Å². The molecule has 9 heteroatoms. The predicted octanol–water partition coefficient (Wildman–Crippen LogP) is 1.24. The van der Waals surface area contributed by atoms with Gasteiger partial charge in [0.2, 0.25) is 0 Å². The van der Waals surface area contributed by atoms with Crippen LogP contribution < -0.4 is 20.7 Å². The zero-order chi connectivity index (χ0) is 19.1. The Morgan fingerprint density at radius 2 is 1.96 bits per heavy atom. The molecule has 2 aromatic heterocycles. The van der Waals surface area contributed by atoms with Gasteiger partial charge in [-0.3, -0.25) is 14.3 Å². The molecule has 1 aliphatic heterocycles. The van der Waals surface area contributed by atoms with Crippen molar-refractivity contribution in [3.63, 3.8) is 0 Å². The Morgan fingerprint density at radius 3 is 2.67 bits per heavy atom. The lowest BCUT2D eigenvalue weighted by Crippen LogP contribution is -2.31. The highest BCUT2D eigenvalue weighted by Gasteiger charge is 2.20. The Hall–Kier alpha value is -3.62. The van der Waals surface area contributed by atoms with Crippen LogP contribution in [-0.2, 0) is 6.54 Å². The summed E-state index contributed by atoms with van der Waals surface area (Å²) in [6.45, 7) is 2.79. The molecule has 0 atom stereocenters. The molecular formula is C18H15N3O6. The molecule has 3 heterocycles. The summed E-state index contributed by atoms with van der Waals surface area (Å²) in [5.74, 6) is -0.171. The van der Waals surface area contributed by atoms with Gasteiger partial charge in [-0.2, -0.15) is 0 Å². The SMILES string of the molecule is CCn1c(=O)[nH]c(=O)c2c(C(=O)O)cc(-c3ccc4c(c3)OCCO4)nc21. The fourth-order valence-electron chi connectivity index (χ4n) is 3.09. The van der Waals surface area contributed by atoms with E-state index < -0.39 is 17.2 Å². The normalized spacial score (nSPS) is 12.9. The van der Waals surface area contributed by atoms with Gasteiger partial charge in [0.1, 0.15) is 13.2 Å². The third-order valence-electron chi connectivity index (χ3n) is 4.33. The van der Waals surface area contributed by atoms with Gasteiger partial charge in [0.05, 0.1) is 16.6 Å². The summed E-state index contributed by atoms with van der Waals surface area (Å²) in [6, 6.07) is 6.43. The zero-order valence-corrected chi connectivity index (χ0v) is 14.3. The molecular weight excluding hydrogens is 354 g/mol. The number of hydrogen-bond donors (Lipinski definition) is 2. The molecule has 3 aromatic rings. The fourth-order valence-corrected chi connectivity index (χ4v) is 3.09. The van der Waals surface area contributed by atoms with Gasteiger partial charge in [0.15, 0.2) is 17.1 Å². The maximum absolute atomic E-state index is 12.2. The minimum Gasteiger partial charge on any atom is -0.486 e. The van der Waals surface area contributed by atoms with E-state index in [1.54, 1.807) is 25.1 Å². The number of carboxylic acids is 1. The molecule has 0 amide bonds. The first kappa shape index (κ1) is 16.8. The molecule has 27 heavy (non-hydrogen) atoms. The number of carbonyl (C=O) groups is 1. The summed E-state index contributed by atoms with van der Waals surface area (Å²) in [6.07, 6.45) is 0. The number of nitrogens with zero attached hydrogens (tertiary/aromatic N) is 2. The Bertz CT molecular complexity index is 1190. The topological polar surface area (TPSA) is 124 Å². The second-order valence-corrected chi connectivity index (χ2v) is 5.92. The molecule has 9 nitrogen and oxygen atoms in total. The van der Waals surface area contributed by atoms with Gasteiger partial charge in [0, 0.05) is 12.1 Å². The van der Waals surface area contributed by atoms with Crippen molar-refractivity contribution in [3.8, 4) is 22.8 Å². The first-order chi connectivity index (χ1) is 13.0. The smallest absolute Gasteiger partial charge is 0.336 e. The molecule has 0 aliphatic carbocycles. The number of rotatable bonds is 3. The van der Waals surface area contributed by atoms with Crippen molar-refractivity contribution in [2.45, 2.75) is 13.5 Å². The summed E-state index contributed by atoms with van der Waals surface area (Å²) in [4.78, 5) is 42.6. The number of hydrogen-bond acceptors (Lipinski definition) is 6. The number of fused-ring (bicyclic) bond motifs is 2. The Balaban J connectivity index is 2.04. The third-order valence-corrected chi connectivity index (χ3v) is 4.33. The summed E-state index contributed by atoms with van der Waals surface area (Å²) in [5, 5.41) is 9.46. The molecule has 4 rings (SSSR count). The van der Waals surface area contributed by atoms with Crippen molar-refractivity contribution in [3.05, 3.63) is 50.7 Å². The molecule has 0 saturated heterocycles. The fraction of sp³-hybridized carbons (Fsp3) is 0.222. The number of pyridine rings is 1. The van der Waals surface area contributed by atoms with Gasteiger partial charge in [-0.1, -0.05) is 0 Å². The lowest BCUT2D eigenvalue weighted by Gasteiger charge is -2.19. The minimum absolute atomic E-state index is 0.0241. The van der Waals surface area contributed by atoms with Crippen molar-refractivity contribution in [1.29, 1.82) is 0 Å². The summed E-state index contributed by atoms with van der Waals surface area (Å²) in [7, 11) is 0. The summed E-state index contributed by atoms with van der Waals surface area (Å²) >= 11 is 0. The van der Waals surface area contributed by atoms with Crippen molar-refractivity contribution in [1.82, 2.24) is 14.5 Å². The molecule has 0 saturated carbocycles. The van der Waals surface area contributed by atoms with Crippen LogP contribution >= 0.6 is 0 Å². The van der Waals surface area contributed by atoms with Crippen LogP contribution in [0.5, 0.6) is 11.5 Å². The molecule has 0 fully saturated rings. The third kappa shape index (κ3) is 2.73. The van der Waals surface area contributed by atoms with E-state index in [-0.39, 0.29) is 23.1 Å². The summed E-state index contributed by atoms with van der Waals surface area (Å²) < 4.78 is 12.3. The molecule has 2 N–H and O–H groups in total. The molecule has 138 valence electrons. The first-order valence-corrected chi connectivity index (χ1v) is 8.30. The van der Waals surface area contributed by atoms with Crippen molar-refractivity contribution in [2.75, 3.05) is 13.2 Å². The largest absolute Gasteiger partial charge is 0.486 e. The van der Waals surface area contributed by atoms with E-state index in [4.69, 9.17) is 9.47 Å². The van der Waals surface area contributed by atoms with Gasteiger partial charge in [-0.15, -0.1) is 0 Å². The van der Waals surface area contributed by atoms with Crippen LogP contribution in [0.1, 0.15) is 17.3 Å². The number of aromatic amines is 1. The first-order valence-electron chi connectivity index (χ1n) is 8.30. The van der Waals surface area contributed by atoms with Crippen LogP contribution in [-0.4, -0.2) is 38.8 Å². The average molecular weight is 369 g/mol. The second-order valence-electron chi connectivity index (χ2n) is 5.92.